The highest BCUT2D eigenvalue weighted by Gasteiger charge is 2.14. The third-order valence-corrected chi connectivity index (χ3v) is 3.81. The molecule has 1 aromatic heterocycles. The number of hydrogen-bond donors (Lipinski definition) is 2. The number of hydrogen-bond acceptors (Lipinski definition) is 6. The summed E-state index contributed by atoms with van der Waals surface area (Å²) in [5.74, 6) is -2.65. The van der Waals surface area contributed by atoms with Crippen molar-refractivity contribution in [3.63, 3.8) is 0 Å². The molecule has 0 aliphatic rings. The van der Waals surface area contributed by atoms with E-state index in [-0.39, 0.29) is 22.9 Å². The SMILES string of the molecule is COC(=O)c1cccc(NC(=O)c2cc(C)nc(Nc3ccc(F)cc3F)n2)c1. The normalized spacial score (nSPS) is 10.3. The summed E-state index contributed by atoms with van der Waals surface area (Å²) in [6.45, 7) is 1.64. The molecule has 0 radical (unpaired) electrons. The summed E-state index contributed by atoms with van der Waals surface area (Å²) in [4.78, 5) is 32.4. The molecule has 1 heterocycles. The van der Waals surface area contributed by atoms with Gasteiger partial charge in [0.15, 0.2) is 0 Å². The molecule has 0 fully saturated rings. The lowest BCUT2D eigenvalue weighted by Gasteiger charge is -2.10. The Morgan fingerprint density at radius 3 is 2.55 bits per heavy atom. The lowest BCUT2D eigenvalue weighted by molar-refractivity contribution is 0.0600. The zero-order valence-corrected chi connectivity index (χ0v) is 15.5. The molecular formula is C20H16F2N4O3. The highest BCUT2D eigenvalue weighted by atomic mass is 19.1. The van der Waals surface area contributed by atoms with Crippen LogP contribution in [0.1, 0.15) is 26.5 Å². The summed E-state index contributed by atoms with van der Waals surface area (Å²) in [5.41, 5.74) is 1.09. The van der Waals surface area contributed by atoms with Gasteiger partial charge < -0.3 is 15.4 Å². The minimum Gasteiger partial charge on any atom is -0.465 e. The van der Waals surface area contributed by atoms with E-state index in [4.69, 9.17) is 0 Å². The summed E-state index contributed by atoms with van der Waals surface area (Å²) < 4.78 is 31.5. The van der Waals surface area contributed by atoms with Crippen molar-refractivity contribution in [3.05, 3.63) is 77.1 Å². The first kappa shape index (κ1) is 19.9. The Kier molecular flexibility index (Phi) is 5.77. The molecular weight excluding hydrogens is 382 g/mol. The Balaban J connectivity index is 1.82. The fourth-order valence-corrected chi connectivity index (χ4v) is 2.49. The topological polar surface area (TPSA) is 93.2 Å². The van der Waals surface area contributed by atoms with E-state index in [1.165, 1.54) is 25.3 Å². The average molecular weight is 398 g/mol. The number of benzene rings is 2. The summed E-state index contributed by atoms with van der Waals surface area (Å²) in [6.07, 6.45) is 0. The van der Waals surface area contributed by atoms with Crippen LogP contribution in [0.3, 0.4) is 0 Å². The second kappa shape index (κ2) is 8.42. The van der Waals surface area contributed by atoms with Crippen molar-refractivity contribution < 1.29 is 23.1 Å². The number of ether oxygens (including phenoxy) is 1. The van der Waals surface area contributed by atoms with Gasteiger partial charge in [-0.25, -0.2) is 23.5 Å². The molecule has 0 unspecified atom stereocenters. The van der Waals surface area contributed by atoms with Crippen LogP contribution >= 0.6 is 0 Å². The van der Waals surface area contributed by atoms with Crippen LogP contribution in [0, 0.1) is 18.6 Å². The Morgan fingerprint density at radius 2 is 1.83 bits per heavy atom. The van der Waals surface area contributed by atoms with E-state index < -0.39 is 23.5 Å². The summed E-state index contributed by atoms with van der Waals surface area (Å²) >= 11 is 0. The number of aryl methyl sites for hydroxylation is 1. The second-order valence-corrected chi connectivity index (χ2v) is 5.99. The number of carbonyl (C=O) groups is 2. The van der Waals surface area contributed by atoms with Gasteiger partial charge in [-0.15, -0.1) is 0 Å². The highest BCUT2D eigenvalue weighted by molar-refractivity contribution is 6.03. The molecule has 29 heavy (non-hydrogen) atoms. The van der Waals surface area contributed by atoms with Gasteiger partial charge in [-0.05, 0) is 43.3 Å². The van der Waals surface area contributed by atoms with Crippen molar-refractivity contribution >= 4 is 29.2 Å². The van der Waals surface area contributed by atoms with Crippen molar-refractivity contribution in [3.8, 4) is 0 Å². The summed E-state index contributed by atoms with van der Waals surface area (Å²) in [7, 11) is 1.26. The molecule has 9 heteroatoms. The minimum absolute atomic E-state index is 0.0194. The Bertz CT molecular complexity index is 1090. The molecule has 0 atom stereocenters. The number of carbonyl (C=O) groups excluding carboxylic acids is 2. The van der Waals surface area contributed by atoms with Crippen LogP contribution in [-0.2, 0) is 4.74 Å². The fourth-order valence-electron chi connectivity index (χ4n) is 2.49. The van der Waals surface area contributed by atoms with Gasteiger partial charge in [0.05, 0.1) is 18.4 Å². The number of nitrogens with zero attached hydrogens (tertiary/aromatic N) is 2. The van der Waals surface area contributed by atoms with Crippen molar-refractivity contribution in [1.82, 2.24) is 9.97 Å². The second-order valence-electron chi connectivity index (χ2n) is 5.99. The Morgan fingerprint density at radius 1 is 1.03 bits per heavy atom. The number of amides is 1. The lowest BCUT2D eigenvalue weighted by Crippen LogP contribution is -2.16. The summed E-state index contributed by atoms with van der Waals surface area (Å²) in [5, 5.41) is 5.25. The molecule has 3 rings (SSSR count). The number of aromatic nitrogens is 2. The maximum Gasteiger partial charge on any atom is 0.337 e. The third-order valence-electron chi connectivity index (χ3n) is 3.81. The average Bonchev–Trinajstić information content (AvgIpc) is 2.69. The predicted molar refractivity (Wildman–Crippen MR) is 102 cm³/mol. The maximum absolute atomic E-state index is 13.8. The van der Waals surface area contributed by atoms with E-state index in [0.29, 0.717) is 11.4 Å². The van der Waals surface area contributed by atoms with Crippen LogP contribution < -0.4 is 10.6 Å². The van der Waals surface area contributed by atoms with Crippen LogP contribution in [0.2, 0.25) is 0 Å². The van der Waals surface area contributed by atoms with E-state index in [1.807, 2.05) is 0 Å². The third kappa shape index (κ3) is 4.89. The van der Waals surface area contributed by atoms with E-state index in [2.05, 4.69) is 25.3 Å². The number of methoxy groups -OCH3 is 1. The molecule has 148 valence electrons. The number of rotatable bonds is 5. The lowest BCUT2D eigenvalue weighted by atomic mass is 10.2. The minimum atomic E-state index is -0.819. The standard InChI is InChI=1S/C20H16F2N4O3/c1-11-8-17(18(27)24-14-5-3-4-12(9-14)19(28)29-2)26-20(23-11)25-16-7-6-13(21)10-15(16)22/h3-10H,1-2H3,(H,24,27)(H,23,25,26). The number of nitrogens with one attached hydrogen (secondary N) is 2. The van der Waals surface area contributed by atoms with Gasteiger partial charge in [0.25, 0.3) is 5.91 Å². The molecule has 0 spiro atoms. The number of esters is 1. The fraction of sp³-hybridized carbons (Fsp3) is 0.100. The van der Waals surface area contributed by atoms with E-state index in [1.54, 1.807) is 25.1 Å². The zero-order valence-electron chi connectivity index (χ0n) is 15.5. The molecule has 3 aromatic rings. The van der Waals surface area contributed by atoms with Crippen LogP contribution in [0.15, 0.2) is 48.5 Å². The van der Waals surface area contributed by atoms with Crippen molar-refractivity contribution in [1.29, 1.82) is 0 Å². The van der Waals surface area contributed by atoms with Gasteiger partial charge in [-0.1, -0.05) is 6.07 Å². The number of anilines is 3. The first-order valence-electron chi connectivity index (χ1n) is 8.43. The number of halogens is 2. The largest absolute Gasteiger partial charge is 0.465 e. The van der Waals surface area contributed by atoms with Gasteiger partial charge in [0, 0.05) is 17.4 Å². The molecule has 0 saturated heterocycles. The van der Waals surface area contributed by atoms with Crippen LogP contribution in [-0.4, -0.2) is 29.0 Å². The van der Waals surface area contributed by atoms with Gasteiger partial charge in [0.1, 0.15) is 17.3 Å². The Hall–Kier alpha value is -3.88. The first-order valence-corrected chi connectivity index (χ1v) is 8.43. The van der Waals surface area contributed by atoms with E-state index >= 15 is 0 Å². The van der Waals surface area contributed by atoms with Gasteiger partial charge in [0.2, 0.25) is 5.95 Å². The quantitative estimate of drug-likeness (QED) is 0.635. The Labute approximate surface area is 164 Å². The molecule has 2 N–H and O–H groups in total. The van der Waals surface area contributed by atoms with Crippen molar-refractivity contribution in [2.24, 2.45) is 0 Å². The van der Waals surface area contributed by atoms with Gasteiger partial charge in [-0.3, -0.25) is 4.79 Å². The molecule has 0 aliphatic carbocycles. The highest BCUT2D eigenvalue weighted by Crippen LogP contribution is 2.19. The van der Waals surface area contributed by atoms with Gasteiger partial charge >= 0.3 is 5.97 Å². The van der Waals surface area contributed by atoms with E-state index in [9.17, 15) is 18.4 Å². The monoisotopic (exact) mass is 398 g/mol. The van der Waals surface area contributed by atoms with Crippen LogP contribution in [0.25, 0.3) is 0 Å². The molecule has 1 amide bonds. The molecule has 2 aromatic carbocycles. The smallest absolute Gasteiger partial charge is 0.337 e. The van der Waals surface area contributed by atoms with Crippen molar-refractivity contribution in [2.45, 2.75) is 6.92 Å². The van der Waals surface area contributed by atoms with Crippen LogP contribution in [0.4, 0.5) is 26.1 Å². The maximum atomic E-state index is 13.8. The summed E-state index contributed by atoms with van der Waals surface area (Å²) in [6, 6.07) is 10.7. The van der Waals surface area contributed by atoms with E-state index in [0.717, 1.165) is 12.1 Å². The predicted octanol–water partition coefficient (Wildman–Crippen LogP) is 3.85. The zero-order chi connectivity index (χ0) is 21.0. The van der Waals surface area contributed by atoms with Crippen molar-refractivity contribution in [2.75, 3.05) is 17.7 Å². The van der Waals surface area contributed by atoms with Crippen LogP contribution in [0.5, 0.6) is 0 Å². The first-order chi connectivity index (χ1) is 13.9. The molecule has 0 aliphatic heterocycles. The van der Waals surface area contributed by atoms with Gasteiger partial charge in [-0.2, -0.15) is 0 Å². The molecule has 0 saturated carbocycles. The molecule has 0 bridgehead atoms. The molecule has 7 nitrogen and oxygen atoms in total.